The minimum atomic E-state index is -0.450. The number of rotatable bonds is 6. The molecule has 130 valence electrons. The van der Waals surface area contributed by atoms with E-state index in [1.54, 1.807) is 22.9 Å². The summed E-state index contributed by atoms with van der Waals surface area (Å²) in [7, 11) is 1.30. The number of hydrogen-bond donors (Lipinski definition) is 0. The number of carbonyl (C=O) groups is 2. The van der Waals surface area contributed by atoms with Gasteiger partial charge < -0.3 is 14.0 Å². The average Bonchev–Trinajstić information content (AvgIpc) is 2.93. The number of carbonyl (C=O) groups excluding carboxylic acids is 2. The first-order chi connectivity index (χ1) is 11.8. The summed E-state index contributed by atoms with van der Waals surface area (Å²) in [5.74, 6) is 1.31. The van der Waals surface area contributed by atoms with Crippen LogP contribution in [-0.4, -0.2) is 23.6 Å². The smallest absolute Gasteiger partial charge is 0.330 e. The second-order valence-corrected chi connectivity index (χ2v) is 6.49. The van der Waals surface area contributed by atoms with Gasteiger partial charge in [0.1, 0.15) is 18.4 Å². The van der Waals surface area contributed by atoms with Gasteiger partial charge in [-0.1, -0.05) is 25.8 Å². The molecule has 1 heterocycles. The van der Waals surface area contributed by atoms with Gasteiger partial charge in [-0.3, -0.25) is 4.79 Å². The van der Waals surface area contributed by atoms with Crippen molar-refractivity contribution < 1.29 is 19.1 Å². The molecule has 0 amide bonds. The molecular formula is C19H20N2O4. The maximum absolute atomic E-state index is 12.3. The summed E-state index contributed by atoms with van der Waals surface area (Å²) in [6.07, 6.45) is 9.99. The summed E-state index contributed by atoms with van der Waals surface area (Å²) in [6.45, 7) is 4.25. The monoisotopic (exact) mass is 340 g/mol. The van der Waals surface area contributed by atoms with E-state index >= 15 is 0 Å². The Balaban J connectivity index is 1.97. The first kappa shape index (κ1) is 18.4. The SMILES string of the molecule is C#CCn1cc(COC(=O)[C@H]2[C@@H](C=CC(=O)OC)C2(C)C)cc1C#N. The molecular weight excluding hydrogens is 320 g/mol. The largest absolute Gasteiger partial charge is 0.466 e. The number of methoxy groups -OCH3 is 1. The van der Waals surface area contributed by atoms with Gasteiger partial charge in [0.2, 0.25) is 0 Å². The minimum absolute atomic E-state index is 0.0696. The number of hydrogen-bond acceptors (Lipinski definition) is 5. The lowest BCUT2D eigenvalue weighted by Gasteiger charge is -2.04. The Morgan fingerprint density at radius 1 is 1.48 bits per heavy atom. The van der Waals surface area contributed by atoms with E-state index in [1.807, 2.05) is 13.8 Å². The Bertz CT molecular complexity index is 789. The normalized spacial score (nSPS) is 20.5. The van der Waals surface area contributed by atoms with Crippen LogP contribution in [0.2, 0.25) is 0 Å². The van der Waals surface area contributed by atoms with E-state index in [1.165, 1.54) is 13.2 Å². The molecule has 1 aromatic heterocycles. The van der Waals surface area contributed by atoms with Gasteiger partial charge in [0.25, 0.3) is 0 Å². The van der Waals surface area contributed by atoms with Gasteiger partial charge >= 0.3 is 11.9 Å². The summed E-state index contributed by atoms with van der Waals surface area (Å²) >= 11 is 0. The summed E-state index contributed by atoms with van der Waals surface area (Å²) in [6, 6.07) is 3.70. The van der Waals surface area contributed by atoms with Gasteiger partial charge in [0, 0.05) is 17.8 Å². The number of ether oxygens (including phenoxy) is 2. The third kappa shape index (κ3) is 3.92. The van der Waals surface area contributed by atoms with Gasteiger partial charge in [-0.05, 0) is 17.4 Å². The highest BCUT2D eigenvalue weighted by Gasteiger charge is 2.61. The van der Waals surface area contributed by atoms with Gasteiger partial charge in [-0.2, -0.15) is 5.26 Å². The Labute approximate surface area is 147 Å². The van der Waals surface area contributed by atoms with Gasteiger partial charge in [-0.15, -0.1) is 6.42 Å². The lowest BCUT2D eigenvalue weighted by atomic mass is 10.1. The zero-order valence-corrected chi connectivity index (χ0v) is 14.5. The number of allylic oxidation sites excluding steroid dienone is 1. The fourth-order valence-electron chi connectivity index (χ4n) is 2.95. The Morgan fingerprint density at radius 3 is 2.80 bits per heavy atom. The Kier molecular flexibility index (Phi) is 5.34. The van der Waals surface area contributed by atoms with E-state index in [-0.39, 0.29) is 36.4 Å². The number of nitriles is 1. The second-order valence-electron chi connectivity index (χ2n) is 6.49. The van der Waals surface area contributed by atoms with E-state index in [2.05, 4.69) is 16.7 Å². The molecule has 0 aliphatic heterocycles. The first-order valence-corrected chi connectivity index (χ1v) is 7.80. The van der Waals surface area contributed by atoms with Crippen LogP contribution in [0.4, 0.5) is 0 Å². The van der Waals surface area contributed by atoms with Crippen LogP contribution in [0.25, 0.3) is 0 Å². The zero-order valence-electron chi connectivity index (χ0n) is 14.5. The number of terminal acetylenes is 1. The molecule has 1 aliphatic carbocycles. The first-order valence-electron chi connectivity index (χ1n) is 7.80. The Morgan fingerprint density at radius 2 is 2.20 bits per heavy atom. The number of esters is 2. The highest BCUT2D eigenvalue weighted by atomic mass is 16.5. The van der Waals surface area contributed by atoms with Crippen molar-refractivity contribution >= 4 is 11.9 Å². The molecule has 0 unspecified atom stereocenters. The van der Waals surface area contributed by atoms with Gasteiger partial charge in [0.15, 0.2) is 0 Å². The number of nitrogens with zero attached hydrogens (tertiary/aromatic N) is 2. The third-order valence-electron chi connectivity index (χ3n) is 4.52. The standard InChI is InChI=1S/C19H20N2O4/c1-5-8-21-11-13(9-14(21)10-20)12-25-18(23)17-15(19(17,2)3)6-7-16(22)24-4/h1,6-7,9,11,15,17H,8,12H2,2-4H3/t15-,17-/m1/s1. The molecule has 2 atom stereocenters. The predicted molar refractivity (Wildman–Crippen MR) is 89.7 cm³/mol. The Hall–Kier alpha value is -2.99. The molecule has 6 nitrogen and oxygen atoms in total. The topological polar surface area (TPSA) is 81.3 Å². The van der Waals surface area contributed by atoms with E-state index in [0.717, 1.165) is 0 Å². The molecule has 1 fully saturated rings. The van der Waals surface area contributed by atoms with E-state index in [0.29, 0.717) is 11.3 Å². The van der Waals surface area contributed by atoms with Crippen molar-refractivity contribution in [3.05, 3.63) is 35.7 Å². The molecule has 1 aromatic rings. The summed E-state index contributed by atoms with van der Waals surface area (Å²) in [5, 5.41) is 9.07. The molecule has 0 N–H and O–H groups in total. The van der Waals surface area contributed by atoms with E-state index in [9.17, 15) is 9.59 Å². The highest BCUT2D eigenvalue weighted by molar-refractivity contribution is 5.83. The van der Waals surface area contributed by atoms with Crippen LogP contribution in [0.15, 0.2) is 24.4 Å². The lowest BCUT2D eigenvalue weighted by Crippen LogP contribution is -2.10. The van der Waals surface area contributed by atoms with Crippen LogP contribution in [0.1, 0.15) is 25.1 Å². The molecule has 25 heavy (non-hydrogen) atoms. The van der Waals surface area contributed by atoms with Gasteiger partial charge in [-0.25, -0.2) is 4.79 Å². The van der Waals surface area contributed by atoms with Crippen molar-refractivity contribution in [1.29, 1.82) is 5.26 Å². The summed E-state index contributed by atoms with van der Waals surface area (Å²) < 4.78 is 11.6. The van der Waals surface area contributed by atoms with Crippen molar-refractivity contribution in [3.8, 4) is 18.4 Å². The van der Waals surface area contributed by atoms with Crippen LogP contribution in [0.3, 0.4) is 0 Å². The quantitative estimate of drug-likeness (QED) is 0.450. The second kappa shape index (κ2) is 7.27. The number of aromatic nitrogens is 1. The van der Waals surface area contributed by atoms with Crippen LogP contribution in [0.5, 0.6) is 0 Å². The van der Waals surface area contributed by atoms with Crippen molar-refractivity contribution in [2.24, 2.45) is 17.3 Å². The van der Waals surface area contributed by atoms with Crippen molar-refractivity contribution in [2.45, 2.75) is 27.0 Å². The van der Waals surface area contributed by atoms with E-state index in [4.69, 9.17) is 16.4 Å². The molecule has 0 bridgehead atoms. The third-order valence-corrected chi connectivity index (χ3v) is 4.52. The van der Waals surface area contributed by atoms with Crippen LogP contribution in [-0.2, 0) is 32.2 Å². The van der Waals surface area contributed by atoms with Gasteiger partial charge in [0.05, 0.1) is 19.6 Å². The molecule has 2 rings (SSSR count). The van der Waals surface area contributed by atoms with E-state index < -0.39 is 5.97 Å². The van der Waals surface area contributed by atoms with Crippen molar-refractivity contribution in [3.63, 3.8) is 0 Å². The molecule has 0 spiro atoms. The molecule has 6 heteroatoms. The zero-order chi connectivity index (χ0) is 18.6. The van der Waals surface area contributed by atoms with Crippen molar-refractivity contribution in [1.82, 2.24) is 4.57 Å². The maximum Gasteiger partial charge on any atom is 0.330 e. The molecule has 0 radical (unpaired) electrons. The van der Waals surface area contributed by atoms with Crippen LogP contribution < -0.4 is 0 Å². The van der Waals surface area contributed by atoms with Crippen LogP contribution in [0, 0.1) is 40.9 Å². The minimum Gasteiger partial charge on any atom is -0.466 e. The summed E-state index contributed by atoms with van der Waals surface area (Å²) in [4.78, 5) is 23.5. The summed E-state index contributed by atoms with van der Waals surface area (Å²) in [5.41, 5.74) is 0.865. The maximum atomic E-state index is 12.3. The van der Waals surface area contributed by atoms with Crippen LogP contribution >= 0.6 is 0 Å². The predicted octanol–water partition coefficient (Wildman–Crippen LogP) is 2.04. The fraction of sp³-hybridized carbons (Fsp3) is 0.421. The molecule has 0 aromatic carbocycles. The molecule has 0 saturated heterocycles. The highest BCUT2D eigenvalue weighted by Crippen LogP contribution is 2.59. The average molecular weight is 340 g/mol. The van der Waals surface area contributed by atoms with Crippen molar-refractivity contribution in [2.75, 3.05) is 7.11 Å². The lowest BCUT2D eigenvalue weighted by molar-refractivity contribution is -0.147. The molecule has 1 saturated carbocycles. The fourth-order valence-corrected chi connectivity index (χ4v) is 2.95. The molecule has 1 aliphatic rings.